The van der Waals surface area contributed by atoms with Gasteiger partial charge in [-0.15, -0.1) is 0 Å². The third-order valence-electron chi connectivity index (χ3n) is 2.92. The van der Waals surface area contributed by atoms with Gasteiger partial charge in [0, 0.05) is 11.1 Å². The molecule has 0 fully saturated rings. The van der Waals surface area contributed by atoms with Crippen molar-refractivity contribution in [3.63, 3.8) is 0 Å². The second kappa shape index (κ2) is 8.25. The smallest absolute Gasteiger partial charge is 0.408 e. The summed E-state index contributed by atoms with van der Waals surface area (Å²) >= 11 is 0. The standard InChI is InChI=1S/C18H15NO4/c20-12-16-11-17(21)9-8-15(16)7-4-10-19-18(22)23-13-14-5-2-1-3-6-14/h1-3,5-6,8-9,11-12,21H,10,13H2,(H,19,22). The topological polar surface area (TPSA) is 75.6 Å². The van der Waals surface area contributed by atoms with E-state index >= 15 is 0 Å². The molecule has 0 spiro atoms. The largest absolute Gasteiger partial charge is 0.508 e. The van der Waals surface area contributed by atoms with Crippen molar-refractivity contribution in [3.8, 4) is 17.6 Å². The van der Waals surface area contributed by atoms with Crippen LogP contribution in [0.25, 0.3) is 0 Å². The van der Waals surface area contributed by atoms with E-state index < -0.39 is 6.09 Å². The van der Waals surface area contributed by atoms with Crippen molar-refractivity contribution in [1.82, 2.24) is 5.32 Å². The molecule has 0 bridgehead atoms. The normalized spacial score (nSPS) is 9.39. The molecule has 0 saturated carbocycles. The van der Waals surface area contributed by atoms with E-state index in [2.05, 4.69) is 17.2 Å². The first-order valence-electron chi connectivity index (χ1n) is 6.90. The number of benzene rings is 2. The van der Waals surface area contributed by atoms with Gasteiger partial charge in [0.2, 0.25) is 0 Å². The van der Waals surface area contributed by atoms with E-state index in [0.717, 1.165) is 5.56 Å². The van der Waals surface area contributed by atoms with E-state index in [9.17, 15) is 14.7 Å². The molecule has 0 aliphatic rings. The highest BCUT2D eigenvalue weighted by Gasteiger charge is 2.01. The van der Waals surface area contributed by atoms with Crippen molar-refractivity contribution in [2.75, 3.05) is 6.54 Å². The van der Waals surface area contributed by atoms with Crippen LogP contribution in [-0.2, 0) is 11.3 Å². The first kappa shape index (κ1) is 16.1. The van der Waals surface area contributed by atoms with Gasteiger partial charge in [-0.05, 0) is 23.8 Å². The van der Waals surface area contributed by atoms with Gasteiger partial charge >= 0.3 is 6.09 Å². The molecule has 0 atom stereocenters. The summed E-state index contributed by atoms with van der Waals surface area (Å²) in [6.07, 6.45) is 0.0510. The van der Waals surface area contributed by atoms with Gasteiger partial charge in [0.05, 0.1) is 6.54 Å². The maximum atomic E-state index is 11.5. The monoisotopic (exact) mass is 309 g/mol. The van der Waals surface area contributed by atoms with Gasteiger partial charge in [0.15, 0.2) is 6.29 Å². The Morgan fingerprint density at radius 2 is 2.00 bits per heavy atom. The van der Waals surface area contributed by atoms with Gasteiger partial charge in [0.25, 0.3) is 0 Å². The molecule has 5 heteroatoms. The fourth-order valence-corrected chi connectivity index (χ4v) is 1.79. The van der Waals surface area contributed by atoms with Gasteiger partial charge in [-0.3, -0.25) is 4.79 Å². The minimum atomic E-state index is -0.565. The van der Waals surface area contributed by atoms with Crippen LogP contribution in [0.2, 0.25) is 0 Å². The molecule has 2 aromatic rings. The number of aromatic hydroxyl groups is 1. The minimum absolute atomic E-state index is 0.000245. The van der Waals surface area contributed by atoms with Crippen molar-refractivity contribution >= 4 is 12.4 Å². The third-order valence-corrected chi connectivity index (χ3v) is 2.92. The fourth-order valence-electron chi connectivity index (χ4n) is 1.79. The van der Waals surface area contributed by atoms with Crippen LogP contribution in [0.5, 0.6) is 5.75 Å². The molecule has 5 nitrogen and oxygen atoms in total. The van der Waals surface area contributed by atoms with Crippen LogP contribution in [0.15, 0.2) is 48.5 Å². The SMILES string of the molecule is O=Cc1cc(O)ccc1C#CCNC(=O)OCc1ccccc1. The Morgan fingerprint density at radius 1 is 1.22 bits per heavy atom. The first-order valence-corrected chi connectivity index (χ1v) is 6.90. The summed E-state index contributed by atoms with van der Waals surface area (Å²) < 4.78 is 5.03. The van der Waals surface area contributed by atoms with Crippen molar-refractivity contribution in [2.24, 2.45) is 0 Å². The predicted molar refractivity (Wildman–Crippen MR) is 85.0 cm³/mol. The fraction of sp³-hybridized carbons (Fsp3) is 0.111. The number of alkyl carbamates (subject to hydrolysis) is 1. The average Bonchev–Trinajstić information content (AvgIpc) is 2.58. The molecule has 2 rings (SSSR count). The number of carbonyl (C=O) groups is 2. The molecule has 0 unspecified atom stereocenters. The highest BCUT2D eigenvalue weighted by atomic mass is 16.5. The van der Waals surface area contributed by atoms with E-state index in [0.29, 0.717) is 17.4 Å². The predicted octanol–water partition coefficient (Wildman–Crippen LogP) is 2.48. The summed E-state index contributed by atoms with van der Waals surface area (Å²) in [6.45, 7) is 0.278. The Kier molecular flexibility index (Phi) is 5.78. The number of hydrogen-bond donors (Lipinski definition) is 2. The number of aldehydes is 1. The van der Waals surface area contributed by atoms with Gasteiger partial charge in [-0.25, -0.2) is 4.79 Å². The molecule has 0 heterocycles. The minimum Gasteiger partial charge on any atom is -0.508 e. The Bertz CT molecular complexity index is 745. The number of phenols is 1. The Hall–Kier alpha value is -3.26. The van der Waals surface area contributed by atoms with E-state index in [1.54, 1.807) is 6.07 Å². The quantitative estimate of drug-likeness (QED) is 0.672. The van der Waals surface area contributed by atoms with E-state index in [1.165, 1.54) is 12.1 Å². The lowest BCUT2D eigenvalue weighted by atomic mass is 10.1. The maximum Gasteiger partial charge on any atom is 0.408 e. The van der Waals surface area contributed by atoms with Gasteiger partial charge < -0.3 is 15.2 Å². The molecular formula is C18H15NO4. The zero-order valence-corrected chi connectivity index (χ0v) is 12.3. The second-order valence-corrected chi connectivity index (χ2v) is 4.61. The van der Waals surface area contributed by atoms with Gasteiger partial charge in [-0.1, -0.05) is 42.2 Å². The molecule has 2 N–H and O–H groups in total. The van der Waals surface area contributed by atoms with Crippen LogP contribution in [0.4, 0.5) is 4.79 Å². The number of rotatable bonds is 4. The van der Waals surface area contributed by atoms with Gasteiger partial charge in [0.1, 0.15) is 12.4 Å². The highest BCUT2D eigenvalue weighted by molar-refractivity contribution is 5.80. The molecule has 0 saturated heterocycles. The van der Waals surface area contributed by atoms with Crippen LogP contribution >= 0.6 is 0 Å². The van der Waals surface area contributed by atoms with Crippen molar-refractivity contribution in [1.29, 1.82) is 0 Å². The molecule has 1 amide bonds. The molecule has 2 aromatic carbocycles. The second-order valence-electron chi connectivity index (χ2n) is 4.61. The Labute approximate surface area is 133 Å². The van der Waals surface area contributed by atoms with Crippen molar-refractivity contribution < 1.29 is 19.4 Å². The number of carbonyl (C=O) groups excluding carboxylic acids is 2. The van der Waals surface area contributed by atoms with Crippen LogP contribution in [0.3, 0.4) is 0 Å². The molecule has 0 aliphatic carbocycles. The zero-order chi connectivity index (χ0) is 16.5. The van der Waals surface area contributed by atoms with Crippen molar-refractivity contribution in [2.45, 2.75) is 6.61 Å². The summed E-state index contributed by atoms with van der Waals surface area (Å²) in [6, 6.07) is 13.7. The lowest BCUT2D eigenvalue weighted by molar-refractivity contribution is 0.112. The van der Waals surface area contributed by atoms with Crippen LogP contribution in [-0.4, -0.2) is 24.0 Å². The van der Waals surface area contributed by atoms with Gasteiger partial charge in [-0.2, -0.15) is 0 Å². The molecule has 0 aromatic heterocycles. The summed E-state index contributed by atoms with van der Waals surface area (Å²) in [4.78, 5) is 22.4. The number of amides is 1. The summed E-state index contributed by atoms with van der Waals surface area (Å²) in [5.41, 5.74) is 1.68. The van der Waals surface area contributed by atoms with Crippen LogP contribution < -0.4 is 5.32 Å². The number of phenolic OH excluding ortho intramolecular Hbond substituents is 1. The van der Waals surface area contributed by atoms with E-state index in [-0.39, 0.29) is 18.9 Å². The number of nitrogens with one attached hydrogen (secondary N) is 1. The molecule has 23 heavy (non-hydrogen) atoms. The van der Waals surface area contributed by atoms with Crippen LogP contribution in [0.1, 0.15) is 21.5 Å². The summed E-state index contributed by atoms with van der Waals surface area (Å²) in [7, 11) is 0. The van der Waals surface area contributed by atoms with Crippen molar-refractivity contribution in [3.05, 3.63) is 65.2 Å². The number of ether oxygens (including phenoxy) is 1. The lowest BCUT2D eigenvalue weighted by Crippen LogP contribution is -2.24. The summed E-state index contributed by atoms with van der Waals surface area (Å²) in [5, 5.41) is 11.8. The van der Waals surface area contributed by atoms with E-state index in [4.69, 9.17) is 4.74 Å². The highest BCUT2D eigenvalue weighted by Crippen LogP contribution is 2.13. The maximum absolute atomic E-state index is 11.5. The Balaban J connectivity index is 1.81. The Morgan fingerprint density at radius 3 is 2.74 bits per heavy atom. The third kappa shape index (κ3) is 5.21. The zero-order valence-electron chi connectivity index (χ0n) is 12.3. The number of hydrogen-bond acceptors (Lipinski definition) is 4. The lowest BCUT2D eigenvalue weighted by Gasteiger charge is -2.04. The van der Waals surface area contributed by atoms with E-state index in [1.807, 2.05) is 30.3 Å². The molecule has 116 valence electrons. The first-order chi connectivity index (χ1) is 11.2. The molecule has 0 aliphatic heterocycles. The molecule has 0 radical (unpaired) electrons. The van der Waals surface area contributed by atoms with Crippen LogP contribution in [0, 0.1) is 11.8 Å². The molecular weight excluding hydrogens is 294 g/mol. The average molecular weight is 309 g/mol. The summed E-state index contributed by atoms with van der Waals surface area (Å²) in [5.74, 6) is 5.48.